The number of aromatic nitrogens is 2. The van der Waals surface area contributed by atoms with Gasteiger partial charge in [0.2, 0.25) is 11.7 Å². The lowest BCUT2D eigenvalue weighted by Crippen LogP contribution is -2.10. The van der Waals surface area contributed by atoms with Gasteiger partial charge in [-0.05, 0) is 19.1 Å². The van der Waals surface area contributed by atoms with Gasteiger partial charge >= 0.3 is 0 Å². The zero-order chi connectivity index (χ0) is 13.9. The zero-order valence-corrected chi connectivity index (χ0v) is 10.7. The Morgan fingerprint density at radius 3 is 2.75 bits per heavy atom. The Hall–Kier alpha value is -2.89. The molecule has 0 aliphatic rings. The SMILES string of the molecule is Cc1cc(NC(=O)c2cnc(-c3ccccc3)o2)no1. The molecule has 0 bridgehead atoms. The van der Waals surface area contributed by atoms with Crippen molar-refractivity contribution in [2.45, 2.75) is 6.92 Å². The summed E-state index contributed by atoms with van der Waals surface area (Å²) in [6.45, 7) is 1.74. The fourth-order valence-electron chi connectivity index (χ4n) is 1.70. The second-order valence-corrected chi connectivity index (χ2v) is 4.17. The Morgan fingerprint density at radius 2 is 2.05 bits per heavy atom. The van der Waals surface area contributed by atoms with Gasteiger partial charge in [-0.2, -0.15) is 0 Å². The summed E-state index contributed by atoms with van der Waals surface area (Å²) in [5.41, 5.74) is 0.809. The van der Waals surface area contributed by atoms with Crippen molar-refractivity contribution in [2.24, 2.45) is 0 Å². The van der Waals surface area contributed by atoms with Crippen LogP contribution in [0.25, 0.3) is 11.5 Å². The average molecular weight is 269 g/mol. The van der Waals surface area contributed by atoms with Gasteiger partial charge in [-0.3, -0.25) is 4.79 Å². The Balaban J connectivity index is 1.78. The van der Waals surface area contributed by atoms with Crippen molar-refractivity contribution >= 4 is 11.7 Å². The highest BCUT2D eigenvalue weighted by atomic mass is 16.5. The van der Waals surface area contributed by atoms with Gasteiger partial charge in [-0.25, -0.2) is 4.98 Å². The van der Waals surface area contributed by atoms with Crippen LogP contribution in [0, 0.1) is 6.92 Å². The van der Waals surface area contributed by atoms with Gasteiger partial charge in [0.1, 0.15) is 5.76 Å². The molecule has 0 saturated heterocycles. The van der Waals surface area contributed by atoms with E-state index in [9.17, 15) is 4.79 Å². The van der Waals surface area contributed by atoms with E-state index in [4.69, 9.17) is 8.94 Å². The minimum Gasteiger partial charge on any atom is -0.431 e. The number of oxazole rings is 1. The molecular formula is C14H11N3O3. The average Bonchev–Trinajstić information content (AvgIpc) is 3.09. The topological polar surface area (TPSA) is 81.2 Å². The maximum Gasteiger partial charge on any atom is 0.294 e. The number of hydrogen-bond acceptors (Lipinski definition) is 5. The Morgan fingerprint density at radius 1 is 1.25 bits per heavy atom. The quantitative estimate of drug-likeness (QED) is 0.790. The van der Waals surface area contributed by atoms with E-state index >= 15 is 0 Å². The first-order valence-electron chi connectivity index (χ1n) is 5.98. The van der Waals surface area contributed by atoms with Crippen molar-refractivity contribution in [3.63, 3.8) is 0 Å². The molecule has 1 N–H and O–H groups in total. The standard InChI is InChI=1S/C14H11N3O3/c1-9-7-12(17-20-9)16-13(18)11-8-15-14(19-11)10-5-3-2-4-6-10/h2-8H,1H3,(H,16,17,18). The molecule has 0 atom stereocenters. The summed E-state index contributed by atoms with van der Waals surface area (Å²) in [5, 5.41) is 6.24. The number of benzene rings is 1. The van der Waals surface area contributed by atoms with Crippen LogP contribution in [0.3, 0.4) is 0 Å². The molecule has 0 saturated carbocycles. The van der Waals surface area contributed by atoms with Gasteiger partial charge in [0.15, 0.2) is 5.82 Å². The van der Waals surface area contributed by atoms with E-state index in [0.29, 0.717) is 17.5 Å². The number of anilines is 1. The first-order valence-corrected chi connectivity index (χ1v) is 5.98. The second-order valence-electron chi connectivity index (χ2n) is 4.17. The third-order valence-corrected chi connectivity index (χ3v) is 2.62. The monoisotopic (exact) mass is 269 g/mol. The highest BCUT2D eigenvalue weighted by molar-refractivity contribution is 6.01. The molecule has 100 valence electrons. The van der Waals surface area contributed by atoms with E-state index in [1.165, 1.54) is 6.20 Å². The fourth-order valence-corrected chi connectivity index (χ4v) is 1.70. The Labute approximate surface area is 114 Å². The lowest BCUT2D eigenvalue weighted by Gasteiger charge is -1.96. The fraction of sp³-hybridized carbons (Fsp3) is 0.0714. The predicted molar refractivity (Wildman–Crippen MR) is 71.1 cm³/mol. The summed E-state index contributed by atoms with van der Waals surface area (Å²) in [6.07, 6.45) is 1.38. The van der Waals surface area contributed by atoms with Gasteiger partial charge in [-0.1, -0.05) is 23.4 Å². The maximum atomic E-state index is 11.9. The van der Waals surface area contributed by atoms with Gasteiger partial charge in [0.25, 0.3) is 5.91 Å². The summed E-state index contributed by atoms with van der Waals surface area (Å²) in [5.74, 6) is 1.04. The lowest BCUT2D eigenvalue weighted by atomic mass is 10.2. The van der Waals surface area contributed by atoms with Crippen LogP contribution in [-0.4, -0.2) is 16.0 Å². The second kappa shape index (κ2) is 5.00. The van der Waals surface area contributed by atoms with Crippen molar-refractivity contribution in [3.05, 3.63) is 54.1 Å². The van der Waals surface area contributed by atoms with Gasteiger partial charge in [0.05, 0.1) is 6.20 Å². The zero-order valence-electron chi connectivity index (χ0n) is 10.7. The largest absolute Gasteiger partial charge is 0.431 e. The molecule has 2 aromatic heterocycles. The van der Waals surface area contributed by atoms with Crippen molar-refractivity contribution in [3.8, 4) is 11.5 Å². The molecule has 0 aliphatic heterocycles. The molecule has 0 aliphatic carbocycles. The first kappa shape index (κ1) is 12.2. The molecule has 0 fully saturated rings. The molecule has 1 aromatic carbocycles. The van der Waals surface area contributed by atoms with Crippen LogP contribution < -0.4 is 5.32 Å². The van der Waals surface area contributed by atoms with E-state index in [1.54, 1.807) is 13.0 Å². The van der Waals surface area contributed by atoms with Crippen LogP contribution in [0.1, 0.15) is 16.3 Å². The molecule has 0 unspecified atom stereocenters. The minimum absolute atomic E-state index is 0.115. The minimum atomic E-state index is -0.423. The maximum absolute atomic E-state index is 11.9. The normalized spacial score (nSPS) is 10.4. The molecule has 1 amide bonds. The van der Waals surface area contributed by atoms with Crippen molar-refractivity contribution in [1.29, 1.82) is 0 Å². The van der Waals surface area contributed by atoms with E-state index in [0.717, 1.165) is 5.56 Å². The molecule has 3 aromatic rings. The molecule has 2 heterocycles. The van der Waals surface area contributed by atoms with Crippen molar-refractivity contribution in [1.82, 2.24) is 10.1 Å². The number of aryl methyl sites for hydroxylation is 1. The molecule has 0 radical (unpaired) electrons. The summed E-state index contributed by atoms with van der Waals surface area (Å²) in [7, 11) is 0. The molecular weight excluding hydrogens is 258 g/mol. The number of rotatable bonds is 3. The van der Waals surface area contributed by atoms with E-state index in [-0.39, 0.29) is 5.76 Å². The van der Waals surface area contributed by atoms with Crippen molar-refractivity contribution < 1.29 is 13.7 Å². The summed E-state index contributed by atoms with van der Waals surface area (Å²) in [4.78, 5) is 16.0. The summed E-state index contributed by atoms with van der Waals surface area (Å²) >= 11 is 0. The number of nitrogens with zero attached hydrogens (tertiary/aromatic N) is 2. The van der Waals surface area contributed by atoms with Crippen LogP contribution in [0.5, 0.6) is 0 Å². The van der Waals surface area contributed by atoms with E-state index < -0.39 is 5.91 Å². The van der Waals surface area contributed by atoms with Gasteiger partial charge < -0.3 is 14.3 Å². The number of carbonyl (C=O) groups is 1. The van der Waals surface area contributed by atoms with Crippen LogP contribution in [0.2, 0.25) is 0 Å². The van der Waals surface area contributed by atoms with Gasteiger partial charge in [-0.15, -0.1) is 0 Å². The molecule has 0 spiro atoms. The van der Waals surface area contributed by atoms with Crippen molar-refractivity contribution in [2.75, 3.05) is 5.32 Å². The molecule has 20 heavy (non-hydrogen) atoms. The Kier molecular flexibility index (Phi) is 3.04. The molecule has 6 heteroatoms. The van der Waals surface area contributed by atoms with Crippen LogP contribution in [0.4, 0.5) is 5.82 Å². The highest BCUT2D eigenvalue weighted by Crippen LogP contribution is 2.19. The first-order chi connectivity index (χ1) is 9.72. The summed E-state index contributed by atoms with van der Waals surface area (Å²) < 4.78 is 10.3. The number of nitrogens with one attached hydrogen (secondary N) is 1. The highest BCUT2D eigenvalue weighted by Gasteiger charge is 2.15. The van der Waals surface area contributed by atoms with E-state index in [1.807, 2.05) is 30.3 Å². The van der Waals surface area contributed by atoms with Crippen LogP contribution >= 0.6 is 0 Å². The summed E-state index contributed by atoms with van der Waals surface area (Å²) in [6, 6.07) is 11.0. The van der Waals surface area contributed by atoms with Gasteiger partial charge in [0, 0.05) is 11.6 Å². The number of carbonyl (C=O) groups excluding carboxylic acids is 1. The number of amides is 1. The smallest absolute Gasteiger partial charge is 0.294 e. The van der Waals surface area contributed by atoms with Crippen LogP contribution in [0.15, 0.2) is 51.5 Å². The Bertz CT molecular complexity index is 731. The van der Waals surface area contributed by atoms with Crippen LogP contribution in [-0.2, 0) is 0 Å². The predicted octanol–water partition coefficient (Wildman–Crippen LogP) is 2.89. The molecule has 3 rings (SSSR count). The lowest BCUT2D eigenvalue weighted by molar-refractivity contribution is 0.0996. The molecule has 6 nitrogen and oxygen atoms in total. The van der Waals surface area contributed by atoms with E-state index in [2.05, 4.69) is 15.5 Å². The third kappa shape index (κ3) is 2.44. The third-order valence-electron chi connectivity index (χ3n) is 2.62. The number of hydrogen-bond donors (Lipinski definition) is 1.